The van der Waals surface area contributed by atoms with Crippen LogP contribution < -0.4 is 5.32 Å². The number of aliphatic imine (C=N–C) groups is 1. The van der Waals surface area contributed by atoms with Gasteiger partial charge in [-0.05, 0) is 19.4 Å². The van der Waals surface area contributed by atoms with Crippen molar-refractivity contribution in [1.82, 2.24) is 15.1 Å². The Morgan fingerprint density at radius 1 is 1.10 bits per heavy atom. The van der Waals surface area contributed by atoms with Crippen molar-refractivity contribution in [2.24, 2.45) is 4.99 Å². The van der Waals surface area contributed by atoms with E-state index in [0.717, 1.165) is 16.8 Å². The van der Waals surface area contributed by atoms with E-state index in [9.17, 15) is 35.8 Å². The van der Waals surface area contributed by atoms with Gasteiger partial charge in [0.25, 0.3) is 6.43 Å². The topological polar surface area (TPSA) is 62.4 Å². The van der Waals surface area contributed by atoms with Crippen molar-refractivity contribution in [3.8, 4) is 0 Å². The first-order valence-corrected chi connectivity index (χ1v) is 8.30. The number of halogens is 7. The molecule has 0 amide bonds. The minimum Gasteiger partial charge on any atom is -0.369 e. The first-order chi connectivity index (χ1) is 13.3. The Morgan fingerprint density at radius 3 is 2.21 bits per heavy atom. The molecule has 2 aromatic rings. The number of hydrogen-bond donors (Lipinski definition) is 2. The van der Waals surface area contributed by atoms with Gasteiger partial charge in [-0.15, -0.1) is 0 Å². The fraction of sp³-hybridized carbons (Fsp3) is 0.412. The summed E-state index contributed by atoms with van der Waals surface area (Å²) in [6.07, 6.45) is -10.2. The molecular formula is C17H15F7N4O. The van der Waals surface area contributed by atoms with Gasteiger partial charge >= 0.3 is 12.1 Å². The monoisotopic (exact) mass is 424 g/mol. The maximum atomic E-state index is 13.4. The first-order valence-electron chi connectivity index (χ1n) is 8.30. The molecule has 2 unspecified atom stereocenters. The number of benzene rings is 1. The highest BCUT2D eigenvalue weighted by atomic mass is 19.4. The Labute approximate surface area is 159 Å². The minimum absolute atomic E-state index is 0.0544. The van der Waals surface area contributed by atoms with E-state index in [2.05, 4.69) is 15.4 Å². The van der Waals surface area contributed by atoms with Gasteiger partial charge in [0, 0.05) is 5.56 Å². The van der Waals surface area contributed by atoms with Crippen LogP contribution in [0.25, 0.3) is 0 Å². The van der Waals surface area contributed by atoms with Gasteiger partial charge in [0.15, 0.2) is 12.0 Å². The summed E-state index contributed by atoms with van der Waals surface area (Å²) in [4.78, 5) is 4.08. The van der Waals surface area contributed by atoms with Crippen LogP contribution in [0.15, 0.2) is 29.3 Å². The van der Waals surface area contributed by atoms with Crippen molar-refractivity contribution in [1.29, 1.82) is 0 Å². The zero-order chi connectivity index (χ0) is 21.7. The Bertz CT molecular complexity index is 934. The fourth-order valence-electron chi connectivity index (χ4n) is 3.00. The summed E-state index contributed by atoms with van der Waals surface area (Å²) in [5.74, 6) is -4.85. The molecule has 2 heterocycles. The lowest BCUT2D eigenvalue weighted by Crippen LogP contribution is -2.33. The smallest absolute Gasteiger partial charge is 0.369 e. The molecule has 1 aromatic heterocycles. The summed E-state index contributed by atoms with van der Waals surface area (Å²) in [5, 5.41) is 16.3. The van der Waals surface area contributed by atoms with Crippen LogP contribution in [-0.4, -0.2) is 26.9 Å². The number of aliphatic hydroxyl groups is 1. The molecule has 3 rings (SSSR count). The SMILES string of the molecule is CC1=Nc2c(c(C(F)F)nn2C(C)c2ccc(C(F)(F)C(F)(F)F)cc2)C(O)N1. The van der Waals surface area contributed by atoms with E-state index in [1.54, 1.807) is 0 Å². The third-order valence-electron chi connectivity index (χ3n) is 4.53. The molecule has 158 valence electrons. The lowest BCUT2D eigenvalue weighted by molar-refractivity contribution is -0.289. The highest BCUT2D eigenvalue weighted by Gasteiger charge is 2.58. The lowest BCUT2D eigenvalue weighted by atomic mass is 10.0. The predicted octanol–water partition coefficient (Wildman–Crippen LogP) is 4.73. The Morgan fingerprint density at radius 2 is 1.69 bits per heavy atom. The van der Waals surface area contributed by atoms with Crippen molar-refractivity contribution >= 4 is 11.7 Å². The van der Waals surface area contributed by atoms with Crippen LogP contribution in [0.4, 0.5) is 36.6 Å². The van der Waals surface area contributed by atoms with Gasteiger partial charge in [0.2, 0.25) is 0 Å². The molecule has 29 heavy (non-hydrogen) atoms. The van der Waals surface area contributed by atoms with Crippen LogP contribution in [0.3, 0.4) is 0 Å². The van der Waals surface area contributed by atoms with E-state index in [-0.39, 0.29) is 22.8 Å². The third kappa shape index (κ3) is 3.56. The van der Waals surface area contributed by atoms with Crippen molar-refractivity contribution < 1.29 is 35.8 Å². The average molecular weight is 424 g/mol. The summed E-state index contributed by atoms with van der Waals surface area (Å²) >= 11 is 0. The second-order valence-electron chi connectivity index (χ2n) is 6.48. The van der Waals surface area contributed by atoms with Crippen molar-refractivity contribution in [2.45, 2.75) is 44.6 Å². The van der Waals surface area contributed by atoms with Crippen LogP contribution in [0, 0.1) is 0 Å². The zero-order valence-corrected chi connectivity index (χ0v) is 15.0. The number of rotatable bonds is 4. The molecule has 0 fully saturated rings. The molecule has 2 N–H and O–H groups in total. The number of fused-ring (bicyclic) bond motifs is 1. The molecule has 0 spiro atoms. The van der Waals surface area contributed by atoms with Gasteiger partial charge < -0.3 is 10.4 Å². The molecule has 0 saturated carbocycles. The fourth-order valence-corrected chi connectivity index (χ4v) is 3.00. The average Bonchev–Trinajstić information content (AvgIpc) is 3.00. The molecular weight excluding hydrogens is 409 g/mol. The van der Waals surface area contributed by atoms with E-state index in [4.69, 9.17) is 0 Å². The lowest BCUT2D eigenvalue weighted by Gasteiger charge is -2.22. The number of aromatic nitrogens is 2. The molecule has 1 aliphatic rings. The van der Waals surface area contributed by atoms with Gasteiger partial charge in [-0.25, -0.2) is 18.5 Å². The van der Waals surface area contributed by atoms with Crippen molar-refractivity contribution in [3.63, 3.8) is 0 Å². The number of amidine groups is 1. The molecule has 5 nitrogen and oxygen atoms in total. The molecule has 0 saturated heterocycles. The third-order valence-corrected chi connectivity index (χ3v) is 4.53. The van der Waals surface area contributed by atoms with E-state index >= 15 is 0 Å². The highest BCUT2D eigenvalue weighted by Crippen LogP contribution is 2.44. The number of hydrogen-bond acceptors (Lipinski definition) is 4. The molecule has 0 aliphatic carbocycles. The van der Waals surface area contributed by atoms with Gasteiger partial charge in [-0.3, -0.25) is 0 Å². The van der Waals surface area contributed by atoms with E-state index in [0.29, 0.717) is 12.1 Å². The summed E-state index contributed by atoms with van der Waals surface area (Å²) < 4.78 is 92.2. The molecule has 0 radical (unpaired) electrons. The number of aliphatic hydroxyl groups excluding tert-OH is 1. The highest BCUT2D eigenvalue weighted by molar-refractivity contribution is 5.84. The molecule has 1 aliphatic heterocycles. The Balaban J connectivity index is 2.02. The largest absolute Gasteiger partial charge is 0.458 e. The number of nitrogens with one attached hydrogen (secondary N) is 1. The molecule has 1 aromatic carbocycles. The van der Waals surface area contributed by atoms with E-state index < -0.39 is 42.1 Å². The van der Waals surface area contributed by atoms with Crippen LogP contribution >= 0.6 is 0 Å². The zero-order valence-electron chi connectivity index (χ0n) is 15.0. The summed E-state index contributed by atoms with van der Waals surface area (Å²) in [7, 11) is 0. The molecule has 2 atom stereocenters. The molecule has 0 bridgehead atoms. The Kier molecular flexibility index (Phi) is 5.10. The van der Waals surface area contributed by atoms with Gasteiger partial charge in [-0.2, -0.15) is 27.1 Å². The minimum atomic E-state index is -5.75. The quantitative estimate of drug-likeness (QED) is 0.698. The second-order valence-corrected chi connectivity index (χ2v) is 6.48. The maximum Gasteiger partial charge on any atom is 0.458 e. The van der Waals surface area contributed by atoms with Crippen molar-refractivity contribution in [3.05, 3.63) is 46.6 Å². The van der Waals surface area contributed by atoms with Crippen LogP contribution in [0.2, 0.25) is 0 Å². The predicted molar refractivity (Wildman–Crippen MR) is 88.3 cm³/mol. The summed E-state index contributed by atoms with van der Waals surface area (Å²) in [6.45, 7) is 2.98. The second kappa shape index (κ2) is 7.01. The summed E-state index contributed by atoms with van der Waals surface area (Å²) in [5.41, 5.74) is -1.94. The summed E-state index contributed by atoms with van der Waals surface area (Å²) in [6, 6.07) is 2.46. The normalized spacial score (nSPS) is 18.3. The van der Waals surface area contributed by atoms with Crippen molar-refractivity contribution in [2.75, 3.05) is 0 Å². The van der Waals surface area contributed by atoms with Crippen LogP contribution in [-0.2, 0) is 5.92 Å². The first kappa shape index (κ1) is 21.1. The number of alkyl halides is 7. The van der Waals surface area contributed by atoms with E-state index in [1.165, 1.54) is 13.8 Å². The van der Waals surface area contributed by atoms with Crippen LogP contribution in [0.5, 0.6) is 0 Å². The van der Waals surface area contributed by atoms with Gasteiger partial charge in [-0.1, -0.05) is 24.3 Å². The van der Waals surface area contributed by atoms with Gasteiger partial charge in [0.1, 0.15) is 11.5 Å². The molecule has 12 heteroatoms. The number of nitrogens with zero attached hydrogens (tertiary/aromatic N) is 3. The van der Waals surface area contributed by atoms with Gasteiger partial charge in [0.05, 0.1) is 11.6 Å². The van der Waals surface area contributed by atoms with E-state index in [1.807, 2.05) is 0 Å². The van der Waals surface area contributed by atoms with Crippen LogP contribution in [0.1, 0.15) is 54.9 Å². The maximum absolute atomic E-state index is 13.4. The Hall–Kier alpha value is -2.63. The standard InChI is InChI=1S/C17H15F7N4O/c1-7(9-3-5-10(6-4-9)16(20,21)17(22,23)24)28-14-11(12(27-28)13(18)19)15(29)26-8(2)25-14/h3-7,13,15,29H,1-2H3,(H,25,26).